The summed E-state index contributed by atoms with van der Waals surface area (Å²) < 4.78 is 0. The summed E-state index contributed by atoms with van der Waals surface area (Å²) in [5.41, 5.74) is 7.21. The molecule has 0 amide bonds. The van der Waals surface area contributed by atoms with Crippen LogP contribution in [0.2, 0.25) is 0 Å². The van der Waals surface area contributed by atoms with Gasteiger partial charge in [0, 0.05) is 44.2 Å². The molecule has 4 N–H and O–H groups in total. The highest BCUT2D eigenvalue weighted by atomic mass is 14.8. The summed E-state index contributed by atoms with van der Waals surface area (Å²) in [5.74, 6) is 0. The lowest BCUT2D eigenvalue weighted by Crippen LogP contribution is -2.15. The van der Waals surface area contributed by atoms with Gasteiger partial charge < -0.3 is 19.9 Å². The van der Waals surface area contributed by atoms with Crippen molar-refractivity contribution in [3.8, 4) is 0 Å². The van der Waals surface area contributed by atoms with Crippen molar-refractivity contribution in [1.29, 1.82) is 0 Å². The van der Waals surface area contributed by atoms with Crippen molar-refractivity contribution >= 4 is 23.3 Å². The van der Waals surface area contributed by atoms with Crippen molar-refractivity contribution in [2.24, 2.45) is 0 Å². The quantitative estimate of drug-likeness (QED) is 0.410. The van der Waals surface area contributed by atoms with E-state index in [1.54, 1.807) is 0 Å². The number of hydrogen-bond acceptors (Lipinski definition) is 0. The number of nitrogens with one attached hydrogen (secondary N) is 4. The van der Waals surface area contributed by atoms with Crippen molar-refractivity contribution in [2.45, 2.75) is 39.5 Å². The van der Waals surface area contributed by atoms with E-state index in [-0.39, 0.29) is 0 Å². The Bertz CT molecular complexity index is 1310. The Morgan fingerprint density at radius 3 is 1.43 bits per heavy atom. The van der Waals surface area contributed by atoms with Crippen molar-refractivity contribution in [3.63, 3.8) is 0 Å². The van der Waals surface area contributed by atoms with Gasteiger partial charge in [-0.25, -0.2) is 0 Å². The van der Waals surface area contributed by atoms with Gasteiger partial charge in [-0.1, -0.05) is 26.7 Å². The molecule has 0 saturated carbocycles. The molecule has 0 atom stereocenters. The van der Waals surface area contributed by atoms with Crippen LogP contribution in [0.4, 0.5) is 0 Å². The number of aromatic amines is 4. The summed E-state index contributed by atoms with van der Waals surface area (Å²) in [5, 5.41) is 4.57. The Morgan fingerprint density at radius 2 is 1.00 bits per heavy atom. The fourth-order valence-corrected chi connectivity index (χ4v) is 4.35. The molecule has 152 valence electrons. The van der Waals surface area contributed by atoms with Gasteiger partial charge in [-0.05, 0) is 84.7 Å². The Kier molecular flexibility index (Phi) is 4.83. The minimum absolute atomic E-state index is 1.02. The molecule has 0 spiro atoms. The second kappa shape index (κ2) is 7.79. The van der Waals surface area contributed by atoms with Crippen LogP contribution in [0.3, 0.4) is 0 Å². The predicted octanol–water partition coefficient (Wildman–Crippen LogP) is 2.97. The van der Waals surface area contributed by atoms with Crippen LogP contribution in [0.25, 0.3) is 23.3 Å². The third kappa shape index (κ3) is 3.50. The summed E-state index contributed by atoms with van der Waals surface area (Å²) in [4.78, 5) is 14.4. The molecule has 4 aromatic heterocycles. The number of H-pyrrole nitrogens is 4. The first-order chi connectivity index (χ1) is 14.7. The lowest BCUT2D eigenvalue weighted by molar-refractivity contribution is 0.955. The van der Waals surface area contributed by atoms with Gasteiger partial charge in [-0.2, -0.15) is 0 Å². The number of fused-ring (bicyclic) bond motifs is 8. The zero-order valence-electron chi connectivity index (χ0n) is 17.6. The number of hydrogen-bond donors (Lipinski definition) is 4. The monoisotopic (exact) mass is 396 g/mol. The van der Waals surface area contributed by atoms with Crippen molar-refractivity contribution < 1.29 is 0 Å². The summed E-state index contributed by atoms with van der Waals surface area (Å²) in [7, 11) is 0. The number of aromatic nitrogens is 4. The lowest BCUT2D eigenvalue weighted by atomic mass is 10.1. The molecule has 4 nitrogen and oxygen atoms in total. The van der Waals surface area contributed by atoms with E-state index in [0.717, 1.165) is 47.8 Å². The Morgan fingerprint density at radius 1 is 0.533 bits per heavy atom. The molecule has 0 aromatic carbocycles. The highest BCUT2D eigenvalue weighted by Crippen LogP contribution is 2.18. The number of rotatable bonds is 4. The second-order valence-corrected chi connectivity index (χ2v) is 8.06. The van der Waals surface area contributed by atoms with Gasteiger partial charge in [0.15, 0.2) is 0 Å². The molecule has 4 heteroatoms. The van der Waals surface area contributed by atoms with E-state index in [0.29, 0.717) is 0 Å². The summed E-state index contributed by atoms with van der Waals surface area (Å²) in [6.45, 7) is 4.45. The van der Waals surface area contributed by atoms with Crippen molar-refractivity contribution in [3.05, 3.63) is 92.7 Å². The molecular weight excluding hydrogens is 368 g/mol. The molecule has 0 aliphatic carbocycles. The normalized spacial score (nSPS) is 13.3. The largest absolute Gasteiger partial charge is 0.355 e. The highest BCUT2D eigenvalue weighted by Gasteiger charge is 2.08. The maximum atomic E-state index is 3.61. The predicted molar refractivity (Wildman–Crippen MR) is 124 cm³/mol. The molecule has 8 bridgehead atoms. The van der Waals surface area contributed by atoms with Gasteiger partial charge in [0.2, 0.25) is 0 Å². The smallest absolute Gasteiger partial charge is 0.0438 e. The van der Waals surface area contributed by atoms with Crippen LogP contribution < -0.4 is 21.4 Å². The average molecular weight is 397 g/mol. The second-order valence-electron chi connectivity index (χ2n) is 8.06. The molecule has 1 aliphatic rings. The van der Waals surface area contributed by atoms with E-state index in [4.69, 9.17) is 0 Å². The van der Waals surface area contributed by atoms with E-state index in [2.05, 4.69) is 94.5 Å². The summed E-state index contributed by atoms with van der Waals surface area (Å²) in [6.07, 6.45) is 8.60. The lowest BCUT2D eigenvalue weighted by Gasteiger charge is -2.03. The van der Waals surface area contributed by atoms with Gasteiger partial charge >= 0.3 is 0 Å². The van der Waals surface area contributed by atoms with Gasteiger partial charge in [0.1, 0.15) is 0 Å². The molecule has 5 rings (SSSR count). The summed E-state index contributed by atoms with van der Waals surface area (Å²) in [6, 6.07) is 17.4. The van der Waals surface area contributed by atoms with E-state index in [1.807, 2.05) is 0 Å². The third-order valence-electron chi connectivity index (χ3n) is 5.76. The van der Waals surface area contributed by atoms with Crippen molar-refractivity contribution in [2.75, 3.05) is 0 Å². The topological polar surface area (TPSA) is 63.2 Å². The van der Waals surface area contributed by atoms with Crippen LogP contribution in [-0.2, 0) is 0 Å². The minimum atomic E-state index is 1.02. The third-order valence-corrected chi connectivity index (χ3v) is 5.76. The molecule has 0 unspecified atom stereocenters. The zero-order valence-corrected chi connectivity index (χ0v) is 17.6. The average Bonchev–Trinajstić information content (AvgIpc) is 3.53. The standard InChI is InChI=1S/C26H28N4/c1-3-5-21-23-11-7-17(27-23)15-19-9-13-25(29-19)22(6-4-2)26-14-10-20(30-26)16-18-8-12-24(21)28-18/h7-16,27-30H,3-6H2,1-2H3. The SMILES string of the molecule is CCCC1=c2ccc([nH]2)=Cc2ccc([nH]2)C(CCC)=c2ccc([nH]2)=Cc2ccc1[nH]2. The van der Waals surface area contributed by atoms with Crippen LogP contribution in [0.15, 0.2) is 48.5 Å². The Balaban J connectivity index is 1.80. The van der Waals surface area contributed by atoms with Gasteiger partial charge in [0.05, 0.1) is 0 Å². The fraction of sp³-hybridized carbons (Fsp3) is 0.231. The Labute approximate surface area is 175 Å². The van der Waals surface area contributed by atoms with E-state index in [9.17, 15) is 0 Å². The van der Waals surface area contributed by atoms with Crippen LogP contribution in [0.1, 0.15) is 62.3 Å². The first-order valence-corrected chi connectivity index (χ1v) is 10.9. The van der Waals surface area contributed by atoms with Gasteiger partial charge in [-0.3, -0.25) is 0 Å². The first-order valence-electron chi connectivity index (χ1n) is 10.9. The van der Waals surface area contributed by atoms with Crippen LogP contribution in [0, 0.1) is 0 Å². The zero-order chi connectivity index (χ0) is 20.5. The molecule has 0 fully saturated rings. The first kappa shape index (κ1) is 18.6. The molecule has 1 aliphatic heterocycles. The minimum Gasteiger partial charge on any atom is -0.355 e. The maximum absolute atomic E-state index is 3.61. The van der Waals surface area contributed by atoms with Crippen molar-refractivity contribution in [1.82, 2.24) is 19.9 Å². The van der Waals surface area contributed by atoms with Gasteiger partial charge in [0.25, 0.3) is 0 Å². The summed E-state index contributed by atoms with van der Waals surface area (Å²) >= 11 is 0. The van der Waals surface area contributed by atoms with Crippen LogP contribution >= 0.6 is 0 Å². The molecule has 5 heterocycles. The highest BCUT2D eigenvalue weighted by molar-refractivity contribution is 5.66. The molecule has 0 saturated heterocycles. The van der Waals surface area contributed by atoms with Crippen LogP contribution in [-0.4, -0.2) is 19.9 Å². The Hall–Kier alpha value is -3.40. The van der Waals surface area contributed by atoms with Gasteiger partial charge in [-0.15, -0.1) is 0 Å². The molecule has 30 heavy (non-hydrogen) atoms. The maximum Gasteiger partial charge on any atom is 0.0438 e. The molecular formula is C26H28N4. The van der Waals surface area contributed by atoms with E-state index < -0.39 is 0 Å². The molecule has 0 radical (unpaired) electrons. The van der Waals surface area contributed by atoms with Crippen LogP contribution in [0.5, 0.6) is 0 Å². The molecule has 4 aromatic rings. The van der Waals surface area contributed by atoms with E-state index >= 15 is 0 Å². The van der Waals surface area contributed by atoms with E-state index in [1.165, 1.54) is 33.2 Å². The fourth-order valence-electron chi connectivity index (χ4n) is 4.35.